The molecule has 0 unspecified atom stereocenters. The molecule has 2 aliphatic rings. The second-order valence-electron chi connectivity index (χ2n) is 9.57. The van der Waals surface area contributed by atoms with Gasteiger partial charge in [-0.3, -0.25) is 14.4 Å². The molecular formula is C25H28ClN5O3S. The van der Waals surface area contributed by atoms with Crippen LogP contribution in [0.25, 0.3) is 10.9 Å². The van der Waals surface area contributed by atoms with Crippen LogP contribution in [0.2, 0.25) is 5.02 Å². The Hall–Kier alpha value is -2.75. The van der Waals surface area contributed by atoms with Crippen LogP contribution >= 0.6 is 22.9 Å². The van der Waals surface area contributed by atoms with Crippen LogP contribution in [0.15, 0.2) is 24.3 Å². The Labute approximate surface area is 212 Å². The average Bonchev–Trinajstić information content (AvgIpc) is 3.43. The third-order valence-electron chi connectivity index (χ3n) is 7.00. The maximum Gasteiger partial charge on any atom is 0.280 e. The molecule has 3 aromatic rings. The van der Waals surface area contributed by atoms with E-state index in [1.165, 1.54) is 11.3 Å². The van der Waals surface area contributed by atoms with Crippen LogP contribution in [0.1, 0.15) is 57.0 Å². The van der Waals surface area contributed by atoms with Gasteiger partial charge in [-0.15, -0.1) is 11.3 Å². The van der Waals surface area contributed by atoms with Crippen LogP contribution < -0.4 is 10.6 Å². The first kappa shape index (κ1) is 24.0. The zero-order valence-electron chi connectivity index (χ0n) is 19.7. The number of thiazole rings is 1. The van der Waals surface area contributed by atoms with E-state index >= 15 is 0 Å². The van der Waals surface area contributed by atoms with Crippen molar-refractivity contribution in [3.63, 3.8) is 0 Å². The number of hydrogen-bond acceptors (Lipinski definition) is 6. The van der Waals surface area contributed by atoms with Crippen molar-refractivity contribution in [1.82, 2.24) is 25.5 Å². The van der Waals surface area contributed by atoms with Crippen LogP contribution in [0.4, 0.5) is 0 Å². The van der Waals surface area contributed by atoms with Crippen molar-refractivity contribution in [2.75, 3.05) is 13.6 Å². The molecule has 0 bridgehead atoms. The van der Waals surface area contributed by atoms with E-state index in [9.17, 15) is 14.4 Å². The maximum atomic E-state index is 13.1. The molecule has 1 aliphatic carbocycles. The number of likely N-dealkylation sites (N-methyl/N-ethyl adjacent to an activating group) is 1. The van der Waals surface area contributed by atoms with E-state index in [0.29, 0.717) is 35.0 Å². The molecule has 35 heavy (non-hydrogen) atoms. The number of fused-ring (bicyclic) bond motifs is 2. The molecule has 1 aliphatic heterocycles. The summed E-state index contributed by atoms with van der Waals surface area (Å²) in [5.74, 6) is -0.535. The van der Waals surface area contributed by atoms with Gasteiger partial charge in [0.1, 0.15) is 11.5 Å². The second kappa shape index (κ2) is 9.72. The second-order valence-corrected chi connectivity index (χ2v) is 11.1. The number of rotatable bonds is 5. The fourth-order valence-corrected chi connectivity index (χ4v) is 6.27. The summed E-state index contributed by atoms with van der Waals surface area (Å²) in [7, 11) is 2.06. The number of H-pyrrole nitrogens is 1. The van der Waals surface area contributed by atoms with E-state index in [1.54, 1.807) is 25.1 Å². The molecule has 2 amide bonds. The van der Waals surface area contributed by atoms with Crippen LogP contribution in [-0.2, 0) is 17.8 Å². The smallest absolute Gasteiger partial charge is 0.280 e. The van der Waals surface area contributed by atoms with Crippen molar-refractivity contribution in [3.05, 3.63) is 50.6 Å². The summed E-state index contributed by atoms with van der Waals surface area (Å²) in [5.41, 5.74) is 2.24. The summed E-state index contributed by atoms with van der Waals surface area (Å²) < 4.78 is 0. The highest BCUT2D eigenvalue weighted by atomic mass is 35.5. The molecule has 0 spiro atoms. The lowest BCUT2D eigenvalue weighted by Crippen LogP contribution is -2.55. The zero-order chi connectivity index (χ0) is 24.7. The Morgan fingerprint density at radius 2 is 1.94 bits per heavy atom. The van der Waals surface area contributed by atoms with Crippen molar-refractivity contribution in [2.24, 2.45) is 5.92 Å². The number of aromatic nitrogens is 2. The molecule has 10 heteroatoms. The number of benzene rings is 1. The van der Waals surface area contributed by atoms with Gasteiger partial charge in [-0.05, 0) is 57.5 Å². The standard InChI is InChI=1S/C25H28ClN5O3S/c1-13(32)14-3-5-18(28-23(33)21-11-15-9-16(26)4-6-17(15)27-21)20(10-14)29-24(34)25-30-19-7-8-31(2)12-22(19)35-25/h4,6,9,11,14,18,20,27H,3,5,7-8,10,12H2,1-2H3,(H,28,33)(H,29,34)/t14-,18-,20+/m0/s1. The normalized spacial score (nSPS) is 22.5. The van der Waals surface area contributed by atoms with Gasteiger partial charge >= 0.3 is 0 Å². The first-order valence-corrected chi connectivity index (χ1v) is 13.0. The minimum atomic E-state index is -0.364. The Morgan fingerprint density at radius 1 is 1.14 bits per heavy atom. The molecule has 1 aromatic carbocycles. The number of ketones is 1. The van der Waals surface area contributed by atoms with Gasteiger partial charge in [-0.25, -0.2) is 4.98 Å². The van der Waals surface area contributed by atoms with Crippen molar-refractivity contribution in [3.8, 4) is 0 Å². The quantitative estimate of drug-likeness (QED) is 0.483. The summed E-state index contributed by atoms with van der Waals surface area (Å²) in [6.45, 7) is 3.31. The number of halogens is 1. The molecule has 1 fully saturated rings. The number of carbonyl (C=O) groups excluding carboxylic acids is 3. The van der Waals surface area contributed by atoms with Crippen molar-refractivity contribution in [1.29, 1.82) is 0 Å². The maximum absolute atomic E-state index is 13.1. The van der Waals surface area contributed by atoms with E-state index in [-0.39, 0.29) is 35.6 Å². The van der Waals surface area contributed by atoms with Crippen LogP contribution in [0, 0.1) is 5.92 Å². The van der Waals surface area contributed by atoms with E-state index in [0.717, 1.165) is 41.0 Å². The SMILES string of the molecule is CC(=O)[C@H]1CC[C@H](NC(=O)c2cc3cc(Cl)ccc3[nH]2)[C@H](NC(=O)c2nc3c(s2)CN(C)CC3)C1. The molecule has 3 N–H and O–H groups in total. The van der Waals surface area contributed by atoms with Gasteiger partial charge < -0.3 is 20.5 Å². The van der Waals surface area contributed by atoms with Gasteiger partial charge in [0.15, 0.2) is 5.01 Å². The monoisotopic (exact) mass is 513 g/mol. The van der Waals surface area contributed by atoms with Gasteiger partial charge in [0.05, 0.1) is 11.7 Å². The number of nitrogens with zero attached hydrogens (tertiary/aromatic N) is 2. The molecule has 1 saturated carbocycles. The van der Waals surface area contributed by atoms with Crippen molar-refractivity contribution >= 4 is 51.4 Å². The van der Waals surface area contributed by atoms with Crippen LogP contribution in [-0.4, -0.2) is 58.1 Å². The molecule has 5 rings (SSSR count). The molecule has 3 heterocycles. The lowest BCUT2D eigenvalue weighted by molar-refractivity contribution is -0.122. The highest BCUT2D eigenvalue weighted by Crippen LogP contribution is 2.28. The fraction of sp³-hybridized carbons (Fsp3) is 0.440. The Bertz CT molecular complexity index is 1300. The van der Waals surface area contributed by atoms with Crippen molar-refractivity contribution < 1.29 is 14.4 Å². The molecule has 0 saturated heterocycles. The molecular weight excluding hydrogens is 486 g/mol. The number of carbonyl (C=O) groups is 3. The number of aromatic amines is 1. The zero-order valence-corrected chi connectivity index (χ0v) is 21.3. The fourth-order valence-electron chi connectivity index (χ4n) is 4.99. The molecule has 8 nitrogen and oxygen atoms in total. The van der Waals surface area contributed by atoms with E-state index < -0.39 is 0 Å². The molecule has 184 valence electrons. The molecule has 2 aromatic heterocycles. The van der Waals surface area contributed by atoms with E-state index in [4.69, 9.17) is 11.6 Å². The summed E-state index contributed by atoms with van der Waals surface area (Å²) in [4.78, 5) is 49.4. The van der Waals surface area contributed by atoms with Crippen LogP contribution in [0.3, 0.4) is 0 Å². The third-order valence-corrected chi connectivity index (χ3v) is 8.32. The Morgan fingerprint density at radius 3 is 2.74 bits per heavy atom. The lowest BCUT2D eigenvalue weighted by atomic mass is 9.80. The number of amides is 2. The first-order valence-electron chi connectivity index (χ1n) is 11.8. The largest absolute Gasteiger partial charge is 0.351 e. The topological polar surface area (TPSA) is 107 Å². The van der Waals surface area contributed by atoms with Gasteiger partial charge in [-0.1, -0.05) is 11.6 Å². The predicted molar refractivity (Wildman–Crippen MR) is 136 cm³/mol. The predicted octanol–water partition coefficient (Wildman–Crippen LogP) is 3.55. The Balaban J connectivity index is 1.32. The summed E-state index contributed by atoms with van der Waals surface area (Å²) in [6.07, 6.45) is 2.60. The molecule has 0 radical (unpaired) electrons. The lowest BCUT2D eigenvalue weighted by Gasteiger charge is -2.36. The van der Waals surface area contributed by atoms with Gasteiger partial charge in [-0.2, -0.15) is 0 Å². The van der Waals surface area contributed by atoms with Gasteiger partial charge in [0.25, 0.3) is 11.8 Å². The van der Waals surface area contributed by atoms with E-state index in [1.807, 2.05) is 6.07 Å². The minimum absolute atomic E-state index is 0.106. The summed E-state index contributed by atoms with van der Waals surface area (Å²) in [5, 5.41) is 8.05. The van der Waals surface area contributed by atoms with Gasteiger partial charge in [0, 0.05) is 52.3 Å². The third kappa shape index (κ3) is 5.12. The molecule has 3 atom stereocenters. The average molecular weight is 514 g/mol. The first-order chi connectivity index (χ1) is 16.8. The Kier molecular flexibility index (Phi) is 6.65. The summed E-state index contributed by atoms with van der Waals surface area (Å²) in [6, 6.07) is 6.51. The highest BCUT2D eigenvalue weighted by Gasteiger charge is 2.35. The minimum Gasteiger partial charge on any atom is -0.351 e. The van der Waals surface area contributed by atoms with Gasteiger partial charge in [0.2, 0.25) is 0 Å². The highest BCUT2D eigenvalue weighted by molar-refractivity contribution is 7.13. The number of hydrogen-bond donors (Lipinski definition) is 3. The summed E-state index contributed by atoms with van der Waals surface area (Å²) >= 11 is 7.50. The van der Waals surface area contributed by atoms with E-state index in [2.05, 4.69) is 32.5 Å². The van der Waals surface area contributed by atoms with Crippen molar-refractivity contribution in [2.45, 2.75) is 51.2 Å². The van der Waals surface area contributed by atoms with Crippen LogP contribution in [0.5, 0.6) is 0 Å². The number of nitrogens with one attached hydrogen (secondary N) is 3. The number of Topliss-reactive ketones (excluding diaryl/α,β-unsaturated/α-hetero) is 1.